The number of aromatic carboxylic acids is 1. The molecule has 0 fully saturated rings. The number of carbonyl (C=O) groups is 1. The number of nitrogens with one attached hydrogen (secondary N) is 1. The van der Waals surface area contributed by atoms with E-state index in [1.165, 1.54) is 0 Å². The summed E-state index contributed by atoms with van der Waals surface area (Å²) >= 11 is 0. The lowest BCUT2D eigenvalue weighted by molar-refractivity contribution is -0.385. The number of alkyl halides is 3. The molecule has 1 unspecified atom stereocenters. The lowest BCUT2D eigenvalue weighted by Crippen LogP contribution is -2.35. The number of rotatable bonds is 5. The molecule has 0 heterocycles. The molecule has 0 aliphatic carbocycles. The van der Waals surface area contributed by atoms with Crippen molar-refractivity contribution >= 4 is 17.3 Å². The van der Waals surface area contributed by atoms with Gasteiger partial charge in [0, 0.05) is 18.3 Å². The van der Waals surface area contributed by atoms with Gasteiger partial charge in [-0.25, -0.2) is 4.79 Å². The monoisotopic (exact) mass is 294 g/mol. The molecule has 1 atom stereocenters. The van der Waals surface area contributed by atoms with Crippen molar-refractivity contribution in [3.8, 4) is 0 Å². The molecule has 0 aromatic heterocycles. The number of hydrogen-bond acceptors (Lipinski definition) is 5. The van der Waals surface area contributed by atoms with E-state index in [9.17, 15) is 28.1 Å². The third kappa shape index (κ3) is 3.82. The number of halogens is 3. The van der Waals surface area contributed by atoms with Gasteiger partial charge >= 0.3 is 12.1 Å². The number of nitro groups is 1. The maximum Gasteiger partial charge on any atom is 0.416 e. The van der Waals surface area contributed by atoms with Gasteiger partial charge < -0.3 is 15.5 Å². The minimum atomic E-state index is -4.82. The zero-order chi connectivity index (χ0) is 15.5. The minimum Gasteiger partial charge on any atom is -0.477 e. The fraction of sp³-hybridized carbons (Fsp3) is 0.300. The van der Waals surface area contributed by atoms with Crippen LogP contribution in [-0.2, 0) is 0 Å². The summed E-state index contributed by atoms with van der Waals surface area (Å²) in [5.41, 5.74) is -1.45. The summed E-state index contributed by atoms with van der Waals surface area (Å²) in [6, 6.07) is 2.74. The van der Waals surface area contributed by atoms with Crippen molar-refractivity contribution in [2.45, 2.75) is 12.3 Å². The fourth-order valence-electron chi connectivity index (χ4n) is 1.30. The van der Waals surface area contributed by atoms with Crippen molar-refractivity contribution in [3.05, 3.63) is 33.9 Å². The molecule has 3 N–H and O–H groups in total. The Labute approximate surface area is 109 Å². The standard InChI is InChI=1S/C10H9F3N2O5/c11-10(12,13)8(16)4-14-5-1-2-6(9(17)18)7(3-5)15(19)20/h1-3,8,14,16H,4H2,(H,17,18). The molecule has 110 valence electrons. The van der Waals surface area contributed by atoms with Gasteiger partial charge in [0.2, 0.25) is 0 Å². The van der Waals surface area contributed by atoms with E-state index in [4.69, 9.17) is 10.2 Å². The Bertz CT molecular complexity index is 532. The Morgan fingerprint density at radius 2 is 2.05 bits per heavy atom. The number of nitrogens with zero attached hydrogens (tertiary/aromatic N) is 1. The number of carboxylic acid groups (broad SMARTS) is 1. The largest absolute Gasteiger partial charge is 0.477 e. The highest BCUT2D eigenvalue weighted by molar-refractivity contribution is 5.93. The summed E-state index contributed by atoms with van der Waals surface area (Å²) in [6.07, 6.45) is -7.46. The molecular weight excluding hydrogens is 285 g/mol. The summed E-state index contributed by atoms with van der Waals surface area (Å²) in [6.45, 7) is -0.910. The molecule has 10 heteroatoms. The minimum absolute atomic E-state index is 0.106. The number of aliphatic hydroxyl groups is 1. The van der Waals surface area contributed by atoms with Gasteiger partial charge in [0.25, 0.3) is 5.69 Å². The van der Waals surface area contributed by atoms with E-state index >= 15 is 0 Å². The second-order valence-corrected chi connectivity index (χ2v) is 3.73. The van der Waals surface area contributed by atoms with Crippen LogP contribution in [0.3, 0.4) is 0 Å². The van der Waals surface area contributed by atoms with Crippen LogP contribution in [0.4, 0.5) is 24.5 Å². The zero-order valence-corrected chi connectivity index (χ0v) is 9.72. The number of aliphatic hydroxyl groups excluding tert-OH is 1. The molecule has 1 aromatic carbocycles. The zero-order valence-electron chi connectivity index (χ0n) is 9.72. The molecule has 0 saturated heterocycles. The third-order valence-corrected chi connectivity index (χ3v) is 2.30. The van der Waals surface area contributed by atoms with Gasteiger partial charge in [0.05, 0.1) is 4.92 Å². The summed E-state index contributed by atoms with van der Waals surface area (Å²) in [5, 5.41) is 30.3. The van der Waals surface area contributed by atoms with Crippen molar-refractivity contribution in [2.24, 2.45) is 0 Å². The van der Waals surface area contributed by atoms with E-state index in [-0.39, 0.29) is 5.69 Å². The number of benzene rings is 1. The second kappa shape index (κ2) is 5.74. The van der Waals surface area contributed by atoms with Crippen molar-refractivity contribution in [2.75, 3.05) is 11.9 Å². The van der Waals surface area contributed by atoms with Gasteiger partial charge in [0.15, 0.2) is 6.10 Å². The Morgan fingerprint density at radius 1 is 1.45 bits per heavy atom. The molecule has 0 aliphatic rings. The second-order valence-electron chi connectivity index (χ2n) is 3.73. The van der Waals surface area contributed by atoms with Crippen molar-refractivity contribution in [1.82, 2.24) is 0 Å². The molecular formula is C10H9F3N2O5. The molecule has 1 rings (SSSR count). The normalized spacial score (nSPS) is 12.8. The van der Waals surface area contributed by atoms with Crippen LogP contribution in [0, 0.1) is 10.1 Å². The van der Waals surface area contributed by atoms with Crippen LogP contribution in [0.2, 0.25) is 0 Å². The van der Waals surface area contributed by atoms with E-state index in [2.05, 4.69) is 5.32 Å². The maximum absolute atomic E-state index is 12.1. The van der Waals surface area contributed by atoms with Gasteiger partial charge in [-0.3, -0.25) is 10.1 Å². The summed E-state index contributed by atoms with van der Waals surface area (Å²) in [7, 11) is 0. The van der Waals surface area contributed by atoms with Crippen LogP contribution >= 0.6 is 0 Å². The number of nitro benzene ring substituents is 1. The average molecular weight is 294 g/mol. The van der Waals surface area contributed by atoms with Gasteiger partial charge in [-0.2, -0.15) is 13.2 Å². The molecule has 20 heavy (non-hydrogen) atoms. The molecule has 0 spiro atoms. The van der Waals surface area contributed by atoms with Gasteiger partial charge in [-0.1, -0.05) is 0 Å². The van der Waals surface area contributed by atoms with Crippen LogP contribution < -0.4 is 5.32 Å². The van der Waals surface area contributed by atoms with E-state index in [1.54, 1.807) is 0 Å². The fourth-order valence-corrected chi connectivity index (χ4v) is 1.30. The van der Waals surface area contributed by atoms with Gasteiger partial charge in [-0.15, -0.1) is 0 Å². The van der Waals surface area contributed by atoms with E-state index < -0.39 is 41.0 Å². The van der Waals surface area contributed by atoms with Crippen LogP contribution in [0.15, 0.2) is 18.2 Å². The molecule has 7 nitrogen and oxygen atoms in total. The van der Waals surface area contributed by atoms with E-state index in [1.807, 2.05) is 0 Å². The van der Waals surface area contributed by atoms with Crippen molar-refractivity contribution in [1.29, 1.82) is 0 Å². The Hall–Kier alpha value is -2.36. The first-order valence-electron chi connectivity index (χ1n) is 5.13. The molecule has 0 radical (unpaired) electrons. The van der Waals surface area contributed by atoms with Crippen molar-refractivity contribution in [3.63, 3.8) is 0 Å². The van der Waals surface area contributed by atoms with Crippen molar-refractivity contribution < 1.29 is 33.1 Å². The predicted octanol–water partition coefficient (Wildman–Crippen LogP) is 1.63. The molecule has 0 saturated carbocycles. The van der Waals surface area contributed by atoms with Crippen LogP contribution in [-0.4, -0.2) is 39.9 Å². The molecule has 1 aromatic rings. The van der Waals surface area contributed by atoms with E-state index in [0.717, 1.165) is 18.2 Å². The number of carboxylic acids is 1. The summed E-state index contributed by atoms with van der Waals surface area (Å²) in [4.78, 5) is 20.4. The summed E-state index contributed by atoms with van der Waals surface area (Å²) in [5.74, 6) is -1.53. The number of hydrogen-bond donors (Lipinski definition) is 3. The highest BCUT2D eigenvalue weighted by atomic mass is 19.4. The smallest absolute Gasteiger partial charge is 0.416 e. The average Bonchev–Trinajstić information content (AvgIpc) is 2.34. The van der Waals surface area contributed by atoms with Crippen LogP contribution in [0.25, 0.3) is 0 Å². The predicted molar refractivity (Wildman–Crippen MR) is 60.6 cm³/mol. The summed E-state index contributed by atoms with van der Waals surface area (Å²) < 4.78 is 36.2. The Balaban J connectivity index is 2.91. The Morgan fingerprint density at radius 3 is 2.50 bits per heavy atom. The molecule has 0 bridgehead atoms. The Kier molecular flexibility index (Phi) is 4.50. The van der Waals surface area contributed by atoms with Gasteiger partial charge in [-0.05, 0) is 12.1 Å². The maximum atomic E-state index is 12.1. The number of anilines is 1. The molecule has 0 aliphatic heterocycles. The SMILES string of the molecule is O=C(O)c1ccc(NCC(O)C(F)(F)F)cc1[N+](=O)[O-]. The van der Waals surface area contributed by atoms with E-state index in [0.29, 0.717) is 0 Å². The quantitative estimate of drug-likeness (QED) is 0.562. The van der Waals surface area contributed by atoms with Gasteiger partial charge in [0.1, 0.15) is 5.56 Å². The highest BCUT2D eigenvalue weighted by Gasteiger charge is 2.37. The molecule has 0 amide bonds. The lowest BCUT2D eigenvalue weighted by Gasteiger charge is -2.15. The first kappa shape index (κ1) is 15.7. The van der Waals surface area contributed by atoms with Crippen LogP contribution in [0.1, 0.15) is 10.4 Å². The third-order valence-electron chi connectivity index (χ3n) is 2.30. The first-order valence-corrected chi connectivity index (χ1v) is 5.13. The van der Waals surface area contributed by atoms with Crippen LogP contribution in [0.5, 0.6) is 0 Å². The lowest BCUT2D eigenvalue weighted by atomic mass is 10.1. The first-order chi connectivity index (χ1) is 9.12. The topological polar surface area (TPSA) is 113 Å². The highest BCUT2D eigenvalue weighted by Crippen LogP contribution is 2.24.